The molecule has 8 aliphatic rings. The smallest absolute Gasteiger partial charge is 0.0619 e. The highest BCUT2D eigenvalue weighted by atomic mass is 15.1. The van der Waals surface area contributed by atoms with Crippen LogP contribution in [0.4, 0.5) is 17.1 Å². The first-order chi connectivity index (χ1) is 37.7. The standard InChI is InChI=1S/C74H64N2/c1-3-19-48(20-4-1)56-31-16-21-49-22-17-33-62(71(49)56)60-29-9-13-37-67(60)75(54-26-15-23-50(43-54)57-32-18-34-63-61-30-10-14-38-68(61)76(72(57)63)53-24-5-2-6-25-53)66-36-12-8-27-55(66)51-39-40-59-58-28-7-11-35-64(58)74(65(59)44-51)69-42-47-41-52-45-70(74)73(52,69)46-47/h2,5-18,21-30,32-40,43-44,47-48,52,56,62,69-71H,1,3-4,19-20,31,41-42,45-46H2. The molecule has 9 aromatic rings. The van der Waals surface area contributed by atoms with Crippen molar-refractivity contribution in [3.8, 4) is 39.1 Å². The zero-order valence-electron chi connectivity index (χ0n) is 43.4. The monoisotopic (exact) mass is 981 g/mol. The van der Waals surface area contributed by atoms with Crippen LogP contribution in [0.3, 0.4) is 0 Å². The van der Waals surface area contributed by atoms with Crippen LogP contribution in [-0.4, -0.2) is 4.57 Å². The first-order valence-electron chi connectivity index (χ1n) is 29.1. The predicted octanol–water partition coefficient (Wildman–Crippen LogP) is 19.3. The second-order valence-electron chi connectivity index (χ2n) is 24.5. The van der Waals surface area contributed by atoms with Crippen LogP contribution in [0.2, 0.25) is 0 Å². The Morgan fingerprint density at radius 2 is 1.29 bits per heavy atom. The molecular formula is C74H64N2. The van der Waals surface area contributed by atoms with Gasteiger partial charge in [-0.05, 0) is 172 Å². The van der Waals surface area contributed by atoms with Crippen LogP contribution < -0.4 is 4.90 Å². The molecule has 0 N–H and O–H groups in total. The van der Waals surface area contributed by atoms with Gasteiger partial charge in [-0.15, -0.1) is 0 Å². The normalized spacial score (nSPS) is 28.2. The predicted molar refractivity (Wildman–Crippen MR) is 315 cm³/mol. The van der Waals surface area contributed by atoms with Crippen molar-refractivity contribution in [3.05, 3.63) is 241 Å². The lowest BCUT2D eigenvalue weighted by Gasteiger charge is -2.76. The number of hydrogen-bond donors (Lipinski definition) is 0. The van der Waals surface area contributed by atoms with E-state index in [9.17, 15) is 0 Å². The molecule has 76 heavy (non-hydrogen) atoms. The van der Waals surface area contributed by atoms with Crippen LogP contribution in [-0.2, 0) is 5.41 Å². The highest BCUT2D eigenvalue weighted by Gasteiger charge is 2.84. The first kappa shape index (κ1) is 43.8. The molecular weight excluding hydrogens is 917 g/mol. The topological polar surface area (TPSA) is 8.17 Å². The van der Waals surface area contributed by atoms with Crippen LogP contribution in [0.15, 0.2) is 224 Å². The second kappa shape index (κ2) is 16.5. The molecule has 5 fully saturated rings. The summed E-state index contributed by atoms with van der Waals surface area (Å²) < 4.78 is 2.49. The lowest BCUT2D eigenvalue weighted by molar-refractivity contribution is -0.231. The van der Waals surface area contributed by atoms with Crippen molar-refractivity contribution in [2.24, 2.45) is 46.8 Å². The Morgan fingerprint density at radius 3 is 2.20 bits per heavy atom. The van der Waals surface area contributed by atoms with E-state index in [4.69, 9.17) is 0 Å². The number of anilines is 3. The largest absolute Gasteiger partial charge is 0.310 e. The Morgan fingerprint density at radius 1 is 0.553 bits per heavy atom. The molecule has 1 heterocycles. The van der Waals surface area contributed by atoms with E-state index in [0.717, 1.165) is 29.6 Å². The fourth-order valence-corrected chi connectivity index (χ4v) is 18.9. The highest BCUT2D eigenvalue weighted by Crippen LogP contribution is 2.89. The van der Waals surface area contributed by atoms with E-state index in [-0.39, 0.29) is 11.3 Å². The quantitative estimate of drug-likeness (QED) is 0.147. The molecule has 8 aromatic carbocycles. The zero-order chi connectivity index (χ0) is 49.7. The van der Waals surface area contributed by atoms with Gasteiger partial charge in [-0.25, -0.2) is 0 Å². The maximum Gasteiger partial charge on any atom is 0.0619 e. The van der Waals surface area contributed by atoms with Gasteiger partial charge in [0.05, 0.1) is 16.7 Å². The molecule has 5 saturated carbocycles. The number of allylic oxidation sites excluding steroid dienone is 6. The minimum absolute atomic E-state index is 0.133. The van der Waals surface area contributed by atoms with Gasteiger partial charge in [0.1, 0.15) is 0 Å². The summed E-state index contributed by atoms with van der Waals surface area (Å²) in [6, 6.07) is 72.6. The Labute approximate surface area is 448 Å². The van der Waals surface area contributed by atoms with E-state index in [1.807, 2.05) is 0 Å². The molecule has 0 aliphatic heterocycles. The Balaban J connectivity index is 0.867. The summed E-state index contributed by atoms with van der Waals surface area (Å²) in [5, 5.41) is 2.55. The summed E-state index contributed by atoms with van der Waals surface area (Å²) in [6.45, 7) is 0. The van der Waals surface area contributed by atoms with E-state index >= 15 is 0 Å². The minimum Gasteiger partial charge on any atom is -0.310 e. The van der Waals surface area contributed by atoms with Gasteiger partial charge in [0.2, 0.25) is 0 Å². The number of para-hydroxylation sites is 5. The van der Waals surface area contributed by atoms with Crippen molar-refractivity contribution in [2.45, 2.75) is 75.5 Å². The van der Waals surface area contributed by atoms with E-state index in [1.165, 1.54) is 153 Å². The van der Waals surface area contributed by atoms with Gasteiger partial charge in [-0.2, -0.15) is 0 Å². The molecule has 8 aliphatic carbocycles. The van der Waals surface area contributed by atoms with Gasteiger partial charge >= 0.3 is 0 Å². The third kappa shape index (κ3) is 5.89. The number of nitrogens with zero attached hydrogens (tertiary/aromatic N) is 2. The van der Waals surface area contributed by atoms with Crippen LogP contribution in [0.1, 0.15) is 86.8 Å². The molecule has 1 aromatic heterocycles. The average Bonchev–Trinajstić information content (AvgIpc) is 4.17. The maximum atomic E-state index is 2.70. The lowest BCUT2D eigenvalue weighted by atomic mass is 9.27. The average molecular weight is 981 g/mol. The van der Waals surface area contributed by atoms with Gasteiger partial charge in [0.25, 0.3) is 0 Å². The fourth-order valence-electron chi connectivity index (χ4n) is 18.9. The molecule has 2 nitrogen and oxygen atoms in total. The van der Waals surface area contributed by atoms with Crippen LogP contribution in [0.25, 0.3) is 60.9 Å². The summed E-state index contributed by atoms with van der Waals surface area (Å²) in [4.78, 5) is 2.67. The molecule has 0 radical (unpaired) electrons. The summed E-state index contributed by atoms with van der Waals surface area (Å²) in [7, 11) is 0. The van der Waals surface area contributed by atoms with Crippen molar-refractivity contribution in [1.82, 2.24) is 4.57 Å². The number of aromatic nitrogens is 1. The molecule has 2 heteroatoms. The van der Waals surface area contributed by atoms with Crippen molar-refractivity contribution >= 4 is 38.9 Å². The van der Waals surface area contributed by atoms with Crippen LogP contribution in [0, 0.1) is 46.8 Å². The van der Waals surface area contributed by atoms with Crippen molar-refractivity contribution in [1.29, 1.82) is 0 Å². The number of rotatable bonds is 8. The Hall–Kier alpha value is -7.42. The molecule has 0 saturated heterocycles. The second-order valence-corrected chi connectivity index (χ2v) is 24.5. The van der Waals surface area contributed by atoms with Crippen molar-refractivity contribution in [2.75, 3.05) is 4.90 Å². The molecule has 2 spiro atoms. The maximum absolute atomic E-state index is 2.70. The van der Waals surface area contributed by atoms with Gasteiger partial charge in [0.15, 0.2) is 0 Å². The van der Waals surface area contributed by atoms with Crippen molar-refractivity contribution in [3.63, 3.8) is 0 Å². The molecule has 9 unspecified atom stereocenters. The van der Waals surface area contributed by atoms with Crippen LogP contribution in [0.5, 0.6) is 0 Å². The molecule has 2 bridgehead atoms. The third-order valence-corrected chi connectivity index (χ3v) is 21.6. The summed E-state index contributed by atoms with van der Waals surface area (Å²) >= 11 is 0. The fraction of sp³-hybridized carbons (Fsp3) is 0.270. The number of fused-ring (bicyclic) bond motifs is 12. The van der Waals surface area contributed by atoms with Gasteiger partial charge in [-0.3, -0.25) is 0 Å². The number of benzene rings is 8. The lowest BCUT2D eigenvalue weighted by Crippen LogP contribution is -2.73. The SMILES string of the molecule is C1=CC(c2ccccc2N(c2cccc(-c3cccc4c5ccccc5n(-c5ccccc5)c34)c2)c2ccccc2-c2ccc3c(c2)C2(c4ccccc4-3)C3CC4CC5CC2C53C4)C2C(=C1)C=CCC2C1CCCCC1. The summed E-state index contributed by atoms with van der Waals surface area (Å²) in [5.41, 5.74) is 22.2. The van der Waals surface area contributed by atoms with E-state index < -0.39 is 0 Å². The Bertz CT molecular complexity index is 3930. The molecule has 0 amide bonds. The minimum atomic E-state index is 0.133. The summed E-state index contributed by atoms with van der Waals surface area (Å²) in [5.74, 6) is 5.50. The van der Waals surface area contributed by atoms with E-state index in [1.54, 1.807) is 11.1 Å². The highest BCUT2D eigenvalue weighted by molar-refractivity contribution is 6.14. The van der Waals surface area contributed by atoms with E-state index in [2.05, 4.69) is 228 Å². The number of hydrogen-bond acceptors (Lipinski definition) is 1. The van der Waals surface area contributed by atoms with Gasteiger partial charge < -0.3 is 9.47 Å². The molecule has 17 rings (SSSR count). The molecule has 370 valence electrons. The van der Waals surface area contributed by atoms with Crippen molar-refractivity contribution < 1.29 is 0 Å². The third-order valence-electron chi connectivity index (χ3n) is 21.6. The van der Waals surface area contributed by atoms with E-state index in [0.29, 0.717) is 17.3 Å². The van der Waals surface area contributed by atoms with Crippen LogP contribution >= 0.6 is 0 Å². The zero-order valence-corrected chi connectivity index (χ0v) is 43.4. The van der Waals surface area contributed by atoms with Gasteiger partial charge in [-0.1, -0.05) is 202 Å². The first-order valence-corrected chi connectivity index (χ1v) is 29.1. The molecule has 9 atom stereocenters. The summed E-state index contributed by atoms with van der Waals surface area (Å²) in [6.07, 6.45) is 26.1. The van der Waals surface area contributed by atoms with Gasteiger partial charge in [0, 0.05) is 50.3 Å². The Kier molecular flexibility index (Phi) is 9.53.